The highest BCUT2D eigenvalue weighted by molar-refractivity contribution is 5.95. The number of nitrogen functional groups attached to an aromatic ring is 1. The number of anilines is 1. The van der Waals surface area contributed by atoms with Crippen LogP contribution < -0.4 is 5.73 Å². The lowest BCUT2D eigenvalue weighted by atomic mass is 9.97. The van der Waals surface area contributed by atoms with Gasteiger partial charge in [0, 0.05) is 25.4 Å². The number of hydrogen-bond donors (Lipinski definition) is 3. The Balaban J connectivity index is 2.14. The lowest BCUT2D eigenvalue weighted by molar-refractivity contribution is 0.0693. The highest BCUT2D eigenvalue weighted by Gasteiger charge is 2.21. The molecule has 104 valence electrons. The van der Waals surface area contributed by atoms with Crippen LogP contribution >= 0.6 is 0 Å². The summed E-state index contributed by atoms with van der Waals surface area (Å²) in [4.78, 5) is 13.5. The van der Waals surface area contributed by atoms with Gasteiger partial charge in [-0.2, -0.15) is 0 Å². The van der Waals surface area contributed by atoms with E-state index in [9.17, 15) is 15.0 Å². The van der Waals surface area contributed by atoms with Crippen molar-refractivity contribution in [2.24, 2.45) is 5.92 Å². The number of aliphatic hydroxyl groups excluding tert-OH is 1. The van der Waals surface area contributed by atoms with Gasteiger partial charge in [0.1, 0.15) is 0 Å². The summed E-state index contributed by atoms with van der Waals surface area (Å²) in [5.41, 5.74) is 6.99. The first-order chi connectivity index (χ1) is 9.11. The van der Waals surface area contributed by atoms with E-state index in [1.807, 2.05) is 6.07 Å². The van der Waals surface area contributed by atoms with Crippen molar-refractivity contribution in [2.75, 3.05) is 25.4 Å². The first-order valence-electron chi connectivity index (χ1n) is 6.55. The fourth-order valence-electron chi connectivity index (χ4n) is 2.70. The summed E-state index contributed by atoms with van der Waals surface area (Å²) in [5.74, 6) is -0.688. The monoisotopic (exact) mass is 264 g/mol. The smallest absolute Gasteiger partial charge is 0.338 e. The summed E-state index contributed by atoms with van der Waals surface area (Å²) in [6.07, 6.45) is 2.08. The quantitative estimate of drug-likeness (QED) is 0.711. The second-order valence-electron chi connectivity index (χ2n) is 5.11. The molecule has 5 heteroatoms. The minimum absolute atomic E-state index is 0.194. The van der Waals surface area contributed by atoms with Gasteiger partial charge >= 0.3 is 5.97 Å². The molecular formula is C14H20N2O3. The molecule has 4 N–H and O–H groups in total. The van der Waals surface area contributed by atoms with Crippen molar-refractivity contribution in [1.29, 1.82) is 0 Å². The molecule has 1 heterocycles. The van der Waals surface area contributed by atoms with Crippen LogP contribution in [0.3, 0.4) is 0 Å². The van der Waals surface area contributed by atoms with Crippen LogP contribution in [0.5, 0.6) is 0 Å². The zero-order valence-electron chi connectivity index (χ0n) is 10.9. The highest BCUT2D eigenvalue weighted by Crippen LogP contribution is 2.22. The topological polar surface area (TPSA) is 86.8 Å². The molecule has 0 amide bonds. The Kier molecular flexibility index (Phi) is 4.39. The number of piperidine rings is 1. The molecule has 0 aromatic heterocycles. The van der Waals surface area contributed by atoms with Crippen LogP contribution in [0.1, 0.15) is 28.8 Å². The first-order valence-corrected chi connectivity index (χ1v) is 6.55. The molecule has 19 heavy (non-hydrogen) atoms. The van der Waals surface area contributed by atoms with Crippen LogP contribution in [-0.4, -0.2) is 40.8 Å². The number of carbonyl (C=O) groups is 1. The van der Waals surface area contributed by atoms with E-state index in [4.69, 9.17) is 5.73 Å². The average Bonchev–Trinajstić information content (AvgIpc) is 2.38. The van der Waals surface area contributed by atoms with Crippen molar-refractivity contribution < 1.29 is 15.0 Å². The maximum absolute atomic E-state index is 11.3. The van der Waals surface area contributed by atoms with Gasteiger partial charge in [0.25, 0.3) is 0 Å². The Morgan fingerprint density at radius 3 is 2.95 bits per heavy atom. The summed E-state index contributed by atoms with van der Waals surface area (Å²) < 4.78 is 0. The number of carboxylic acids is 1. The van der Waals surface area contributed by atoms with Gasteiger partial charge in [0.15, 0.2) is 0 Å². The summed E-state index contributed by atoms with van der Waals surface area (Å²) in [6.45, 7) is 2.51. The van der Waals surface area contributed by atoms with Crippen LogP contribution in [0, 0.1) is 5.92 Å². The van der Waals surface area contributed by atoms with Crippen molar-refractivity contribution >= 4 is 11.7 Å². The van der Waals surface area contributed by atoms with Crippen LogP contribution in [0.2, 0.25) is 0 Å². The number of likely N-dealkylation sites (tertiary alicyclic amines) is 1. The van der Waals surface area contributed by atoms with E-state index < -0.39 is 5.97 Å². The SMILES string of the molecule is Nc1cccc(CN2CCCC(CO)C2)c1C(=O)O. The summed E-state index contributed by atoms with van der Waals surface area (Å²) in [5, 5.41) is 18.5. The number of nitrogens with zero attached hydrogens (tertiary/aromatic N) is 1. The maximum atomic E-state index is 11.3. The molecular weight excluding hydrogens is 244 g/mol. The predicted octanol–water partition coefficient (Wildman–Crippen LogP) is 1.17. The first kappa shape index (κ1) is 13.8. The van der Waals surface area contributed by atoms with Crippen molar-refractivity contribution in [3.8, 4) is 0 Å². The highest BCUT2D eigenvalue weighted by atomic mass is 16.4. The minimum atomic E-state index is -0.983. The van der Waals surface area contributed by atoms with Gasteiger partial charge in [-0.15, -0.1) is 0 Å². The second-order valence-corrected chi connectivity index (χ2v) is 5.11. The van der Waals surface area contributed by atoms with E-state index in [0.717, 1.165) is 31.5 Å². The standard InChI is InChI=1S/C14H20N2O3/c15-12-5-1-4-11(13(12)14(18)19)8-16-6-2-3-10(7-16)9-17/h1,4-5,10,17H,2-3,6-9,15H2,(H,18,19). The average molecular weight is 264 g/mol. The number of rotatable bonds is 4. The lowest BCUT2D eigenvalue weighted by Gasteiger charge is -2.32. The third-order valence-electron chi connectivity index (χ3n) is 3.65. The Bertz CT molecular complexity index is 462. The minimum Gasteiger partial charge on any atom is -0.478 e. The maximum Gasteiger partial charge on any atom is 0.338 e. The molecule has 2 rings (SSSR count). The van der Waals surface area contributed by atoms with Crippen molar-refractivity contribution in [1.82, 2.24) is 4.90 Å². The number of benzene rings is 1. The molecule has 1 fully saturated rings. The van der Waals surface area contributed by atoms with Crippen molar-refractivity contribution in [3.05, 3.63) is 29.3 Å². The molecule has 1 saturated heterocycles. The van der Waals surface area contributed by atoms with Gasteiger partial charge in [-0.1, -0.05) is 12.1 Å². The molecule has 1 aliphatic rings. The Labute approximate surface area is 112 Å². The molecule has 0 bridgehead atoms. The fraction of sp³-hybridized carbons (Fsp3) is 0.500. The Hall–Kier alpha value is -1.59. The Morgan fingerprint density at radius 2 is 2.26 bits per heavy atom. The van der Waals surface area contributed by atoms with Crippen LogP contribution in [-0.2, 0) is 6.54 Å². The van der Waals surface area contributed by atoms with Gasteiger partial charge in [-0.05, 0) is 36.9 Å². The number of hydrogen-bond acceptors (Lipinski definition) is 4. The van der Waals surface area contributed by atoms with Crippen LogP contribution in [0.15, 0.2) is 18.2 Å². The number of aliphatic hydroxyl groups is 1. The molecule has 1 unspecified atom stereocenters. The zero-order valence-corrected chi connectivity index (χ0v) is 10.9. The van der Waals surface area contributed by atoms with Gasteiger partial charge in [0.05, 0.1) is 5.56 Å². The van der Waals surface area contributed by atoms with E-state index in [0.29, 0.717) is 18.2 Å². The van der Waals surface area contributed by atoms with Gasteiger partial charge < -0.3 is 15.9 Å². The molecule has 0 aliphatic carbocycles. The van der Waals surface area contributed by atoms with Crippen molar-refractivity contribution in [2.45, 2.75) is 19.4 Å². The molecule has 0 spiro atoms. The molecule has 0 saturated carbocycles. The fourth-order valence-corrected chi connectivity index (χ4v) is 2.70. The second kappa shape index (κ2) is 6.04. The van der Waals surface area contributed by atoms with Crippen LogP contribution in [0.25, 0.3) is 0 Å². The van der Waals surface area contributed by atoms with Crippen molar-refractivity contribution in [3.63, 3.8) is 0 Å². The van der Waals surface area contributed by atoms with Gasteiger partial charge in [0.2, 0.25) is 0 Å². The van der Waals surface area contributed by atoms with E-state index in [1.54, 1.807) is 12.1 Å². The zero-order chi connectivity index (χ0) is 13.8. The van der Waals surface area contributed by atoms with Gasteiger partial charge in [-0.25, -0.2) is 4.79 Å². The number of aromatic carboxylic acids is 1. The van der Waals surface area contributed by atoms with E-state index >= 15 is 0 Å². The number of nitrogens with two attached hydrogens (primary N) is 1. The molecule has 1 aromatic carbocycles. The molecule has 1 aliphatic heterocycles. The predicted molar refractivity (Wildman–Crippen MR) is 72.9 cm³/mol. The number of carboxylic acid groups (broad SMARTS) is 1. The molecule has 0 radical (unpaired) electrons. The molecule has 5 nitrogen and oxygen atoms in total. The largest absolute Gasteiger partial charge is 0.478 e. The third kappa shape index (κ3) is 3.24. The lowest BCUT2D eigenvalue weighted by Crippen LogP contribution is -2.36. The summed E-state index contributed by atoms with van der Waals surface area (Å²) in [6, 6.07) is 5.20. The molecule has 1 atom stereocenters. The summed E-state index contributed by atoms with van der Waals surface area (Å²) >= 11 is 0. The molecule has 1 aromatic rings. The van der Waals surface area contributed by atoms with E-state index in [2.05, 4.69) is 4.90 Å². The summed E-state index contributed by atoms with van der Waals surface area (Å²) in [7, 11) is 0. The normalized spacial score (nSPS) is 20.4. The van der Waals surface area contributed by atoms with Gasteiger partial charge in [-0.3, -0.25) is 4.90 Å². The van der Waals surface area contributed by atoms with E-state index in [1.165, 1.54) is 0 Å². The third-order valence-corrected chi connectivity index (χ3v) is 3.65. The van der Waals surface area contributed by atoms with E-state index in [-0.39, 0.29) is 12.2 Å². The van der Waals surface area contributed by atoms with Crippen LogP contribution in [0.4, 0.5) is 5.69 Å². The Morgan fingerprint density at radius 1 is 1.47 bits per heavy atom.